The Balaban J connectivity index is 2.72. The first-order valence-electron chi connectivity index (χ1n) is 4.92. The Hall–Kier alpha value is -1.87. The van der Waals surface area contributed by atoms with Crippen LogP contribution in [-0.2, 0) is 0 Å². The van der Waals surface area contributed by atoms with Crippen LogP contribution in [0.4, 0.5) is 10.1 Å². The van der Waals surface area contributed by atoms with E-state index in [0.717, 1.165) is 0 Å². The zero-order valence-corrected chi connectivity index (χ0v) is 9.54. The van der Waals surface area contributed by atoms with Gasteiger partial charge in [0.15, 0.2) is 6.29 Å². The van der Waals surface area contributed by atoms with E-state index in [-0.39, 0.29) is 10.6 Å². The summed E-state index contributed by atoms with van der Waals surface area (Å²) in [6.45, 7) is 0. The highest BCUT2D eigenvalue weighted by atomic mass is 35.5. The van der Waals surface area contributed by atoms with Gasteiger partial charge in [0.2, 0.25) is 0 Å². The Bertz CT molecular complexity index is 584. The molecule has 0 unspecified atom stereocenters. The average Bonchev–Trinajstić information content (AvgIpc) is 2.33. The second-order valence-electron chi connectivity index (χ2n) is 3.57. The summed E-state index contributed by atoms with van der Waals surface area (Å²) in [7, 11) is 0. The van der Waals surface area contributed by atoms with Gasteiger partial charge < -0.3 is 5.73 Å². The standard InChI is InChI=1S/C13H9ClFNO/c14-12-6-9(16)5-11(13(12)15)10-4-2-1-3-8(10)7-17/h1-7H,16H2. The fourth-order valence-corrected chi connectivity index (χ4v) is 1.88. The van der Waals surface area contributed by atoms with Crippen LogP contribution >= 0.6 is 11.6 Å². The van der Waals surface area contributed by atoms with Crippen LogP contribution in [0.3, 0.4) is 0 Å². The van der Waals surface area contributed by atoms with Crippen LogP contribution in [0.15, 0.2) is 36.4 Å². The molecule has 0 aliphatic heterocycles. The average molecular weight is 250 g/mol. The third-order valence-corrected chi connectivity index (χ3v) is 2.70. The Kier molecular flexibility index (Phi) is 3.11. The summed E-state index contributed by atoms with van der Waals surface area (Å²) in [5.41, 5.74) is 7.08. The predicted octanol–water partition coefficient (Wildman–Crippen LogP) is 3.54. The molecule has 2 N–H and O–H groups in total. The zero-order valence-electron chi connectivity index (χ0n) is 8.78. The Morgan fingerprint density at radius 1 is 1.18 bits per heavy atom. The molecule has 0 saturated carbocycles. The molecule has 2 nitrogen and oxygen atoms in total. The maximum atomic E-state index is 13.9. The highest BCUT2D eigenvalue weighted by Gasteiger charge is 2.12. The normalized spacial score (nSPS) is 10.2. The van der Waals surface area contributed by atoms with Gasteiger partial charge in [-0.05, 0) is 17.7 Å². The monoisotopic (exact) mass is 249 g/mol. The molecule has 0 heterocycles. The fraction of sp³-hybridized carbons (Fsp3) is 0. The summed E-state index contributed by atoms with van der Waals surface area (Å²) in [5.74, 6) is -0.574. The molecule has 0 spiro atoms. The van der Waals surface area contributed by atoms with Gasteiger partial charge in [-0.25, -0.2) is 4.39 Å². The van der Waals surface area contributed by atoms with E-state index in [1.807, 2.05) is 0 Å². The lowest BCUT2D eigenvalue weighted by Crippen LogP contribution is -1.94. The van der Waals surface area contributed by atoms with Gasteiger partial charge in [-0.1, -0.05) is 35.9 Å². The maximum Gasteiger partial charge on any atom is 0.150 e. The van der Waals surface area contributed by atoms with E-state index in [9.17, 15) is 9.18 Å². The molecule has 0 aliphatic rings. The van der Waals surface area contributed by atoms with Crippen molar-refractivity contribution >= 4 is 23.6 Å². The summed E-state index contributed by atoms with van der Waals surface area (Å²) < 4.78 is 13.9. The number of nitrogen functional groups attached to an aromatic ring is 1. The lowest BCUT2D eigenvalue weighted by atomic mass is 9.99. The second-order valence-corrected chi connectivity index (χ2v) is 3.98. The van der Waals surface area contributed by atoms with Crippen LogP contribution in [0.2, 0.25) is 5.02 Å². The third kappa shape index (κ3) is 2.15. The van der Waals surface area contributed by atoms with Crippen LogP contribution in [0, 0.1) is 5.82 Å². The highest BCUT2D eigenvalue weighted by Crippen LogP contribution is 2.31. The molecule has 0 bridgehead atoms. The van der Waals surface area contributed by atoms with Crippen molar-refractivity contribution in [2.24, 2.45) is 0 Å². The van der Waals surface area contributed by atoms with Crippen molar-refractivity contribution in [1.82, 2.24) is 0 Å². The minimum Gasteiger partial charge on any atom is -0.399 e. The molecule has 4 heteroatoms. The van der Waals surface area contributed by atoms with Crippen molar-refractivity contribution in [3.63, 3.8) is 0 Å². The van der Waals surface area contributed by atoms with Gasteiger partial charge in [0, 0.05) is 16.8 Å². The van der Waals surface area contributed by atoms with E-state index in [2.05, 4.69) is 0 Å². The van der Waals surface area contributed by atoms with E-state index < -0.39 is 5.82 Å². The largest absolute Gasteiger partial charge is 0.399 e. The first-order valence-corrected chi connectivity index (χ1v) is 5.30. The van der Waals surface area contributed by atoms with Gasteiger partial charge in [-0.2, -0.15) is 0 Å². The van der Waals surface area contributed by atoms with Crippen LogP contribution in [0.5, 0.6) is 0 Å². The number of rotatable bonds is 2. The van der Waals surface area contributed by atoms with Gasteiger partial charge in [0.1, 0.15) is 5.82 Å². The number of carbonyl (C=O) groups is 1. The molecule has 0 fully saturated rings. The van der Waals surface area contributed by atoms with Gasteiger partial charge >= 0.3 is 0 Å². The lowest BCUT2D eigenvalue weighted by molar-refractivity contribution is 0.112. The molecule has 0 atom stereocenters. The summed E-state index contributed by atoms with van der Waals surface area (Å²) in [6.07, 6.45) is 0.672. The van der Waals surface area contributed by atoms with Crippen LogP contribution < -0.4 is 5.73 Å². The summed E-state index contributed by atoms with van der Waals surface area (Å²) in [6, 6.07) is 9.49. The van der Waals surface area contributed by atoms with Crippen LogP contribution in [-0.4, -0.2) is 6.29 Å². The smallest absolute Gasteiger partial charge is 0.150 e. The summed E-state index contributed by atoms with van der Waals surface area (Å²) >= 11 is 5.72. The molecular formula is C13H9ClFNO. The number of hydrogen-bond donors (Lipinski definition) is 1. The second kappa shape index (κ2) is 4.55. The summed E-state index contributed by atoms with van der Waals surface area (Å²) in [5, 5.41) is -0.0549. The number of carbonyl (C=O) groups excluding carboxylic acids is 1. The van der Waals surface area contributed by atoms with Crippen molar-refractivity contribution in [2.45, 2.75) is 0 Å². The SMILES string of the molecule is Nc1cc(Cl)c(F)c(-c2ccccc2C=O)c1. The highest BCUT2D eigenvalue weighted by molar-refractivity contribution is 6.31. The number of aldehydes is 1. The molecule has 0 amide bonds. The van der Waals surface area contributed by atoms with Crippen molar-refractivity contribution in [2.75, 3.05) is 5.73 Å². The van der Waals surface area contributed by atoms with Gasteiger partial charge in [-0.15, -0.1) is 0 Å². The van der Waals surface area contributed by atoms with E-state index in [1.54, 1.807) is 24.3 Å². The third-order valence-electron chi connectivity index (χ3n) is 2.43. The minimum atomic E-state index is -0.574. The number of nitrogens with two attached hydrogens (primary N) is 1. The lowest BCUT2D eigenvalue weighted by Gasteiger charge is -2.08. The van der Waals surface area contributed by atoms with E-state index in [0.29, 0.717) is 23.1 Å². The van der Waals surface area contributed by atoms with Gasteiger partial charge in [0.25, 0.3) is 0 Å². The Morgan fingerprint density at radius 2 is 1.88 bits per heavy atom. The Morgan fingerprint density at radius 3 is 2.59 bits per heavy atom. The van der Waals surface area contributed by atoms with Crippen LogP contribution in [0.1, 0.15) is 10.4 Å². The molecule has 86 valence electrons. The number of hydrogen-bond acceptors (Lipinski definition) is 2. The van der Waals surface area contributed by atoms with Crippen molar-refractivity contribution in [3.05, 3.63) is 52.8 Å². The molecular weight excluding hydrogens is 241 g/mol. The number of anilines is 1. The molecule has 0 saturated heterocycles. The van der Waals surface area contributed by atoms with Crippen LogP contribution in [0.25, 0.3) is 11.1 Å². The topological polar surface area (TPSA) is 43.1 Å². The van der Waals surface area contributed by atoms with E-state index >= 15 is 0 Å². The quantitative estimate of drug-likeness (QED) is 0.653. The van der Waals surface area contributed by atoms with Gasteiger partial charge in [0.05, 0.1) is 5.02 Å². The zero-order chi connectivity index (χ0) is 12.4. The van der Waals surface area contributed by atoms with E-state index in [1.165, 1.54) is 12.1 Å². The first kappa shape index (κ1) is 11.6. The molecule has 0 aromatic heterocycles. The molecule has 0 radical (unpaired) electrons. The number of benzene rings is 2. The predicted molar refractivity (Wildman–Crippen MR) is 66.6 cm³/mol. The van der Waals surface area contributed by atoms with Crippen molar-refractivity contribution < 1.29 is 9.18 Å². The maximum absolute atomic E-state index is 13.9. The van der Waals surface area contributed by atoms with Crippen molar-refractivity contribution in [1.29, 1.82) is 0 Å². The molecule has 2 rings (SSSR count). The van der Waals surface area contributed by atoms with Gasteiger partial charge in [-0.3, -0.25) is 4.79 Å². The fourth-order valence-electron chi connectivity index (χ4n) is 1.65. The molecule has 2 aromatic carbocycles. The van der Waals surface area contributed by atoms with Crippen molar-refractivity contribution in [3.8, 4) is 11.1 Å². The Labute approximate surface area is 103 Å². The molecule has 2 aromatic rings. The first-order chi connectivity index (χ1) is 8.13. The van der Waals surface area contributed by atoms with E-state index in [4.69, 9.17) is 17.3 Å². The summed E-state index contributed by atoms with van der Waals surface area (Å²) in [4.78, 5) is 10.9. The number of halogens is 2. The minimum absolute atomic E-state index is 0.0549. The molecule has 17 heavy (non-hydrogen) atoms. The molecule has 0 aliphatic carbocycles.